The molecular weight excluding hydrogens is 238 g/mol. The lowest BCUT2D eigenvalue weighted by atomic mass is 10.1. The van der Waals surface area contributed by atoms with E-state index in [-0.39, 0.29) is 5.91 Å². The highest BCUT2D eigenvalue weighted by Gasteiger charge is 2.19. The number of hydrogen-bond acceptors (Lipinski definition) is 3. The van der Waals surface area contributed by atoms with Crippen LogP contribution in [0.4, 0.5) is 5.69 Å². The molecule has 0 atom stereocenters. The van der Waals surface area contributed by atoms with Crippen molar-refractivity contribution in [2.45, 2.75) is 31.7 Å². The van der Waals surface area contributed by atoms with Crippen molar-refractivity contribution in [3.63, 3.8) is 0 Å². The number of fused-ring (bicyclic) bond motifs is 1. The molecule has 1 aliphatic carbocycles. The lowest BCUT2D eigenvalue weighted by molar-refractivity contribution is 0.0934. The normalized spacial score (nSPS) is 15.8. The number of aromatic nitrogens is 1. The second-order valence-electron chi connectivity index (χ2n) is 5.09. The van der Waals surface area contributed by atoms with Crippen molar-refractivity contribution in [3.05, 3.63) is 36.2 Å². The maximum absolute atomic E-state index is 12.3. The first kappa shape index (κ1) is 12.0. The first-order valence-corrected chi connectivity index (χ1v) is 6.69. The molecule has 4 nitrogen and oxygen atoms in total. The highest BCUT2D eigenvalue weighted by molar-refractivity contribution is 6.06. The number of amides is 1. The molecule has 1 aromatic carbocycles. The lowest BCUT2D eigenvalue weighted by Crippen LogP contribution is -2.33. The highest BCUT2D eigenvalue weighted by Crippen LogP contribution is 2.22. The molecule has 4 heteroatoms. The van der Waals surface area contributed by atoms with Gasteiger partial charge < -0.3 is 11.1 Å². The van der Waals surface area contributed by atoms with Crippen LogP contribution in [0.15, 0.2) is 30.5 Å². The number of benzene rings is 1. The molecule has 0 aliphatic heterocycles. The summed E-state index contributed by atoms with van der Waals surface area (Å²) in [6.07, 6.45) is 6.20. The lowest BCUT2D eigenvalue weighted by Gasteiger charge is -2.12. The number of nitrogens with one attached hydrogen (secondary N) is 1. The van der Waals surface area contributed by atoms with E-state index in [0.29, 0.717) is 17.4 Å². The summed E-state index contributed by atoms with van der Waals surface area (Å²) in [5.41, 5.74) is 6.91. The zero-order chi connectivity index (χ0) is 13.2. The molecule has 3 N–H and O–H groups in total. The Kier molecular flexibility index (Phi) is 3.07. The third-order valence-electron chi connectivity index (χ3n) is 3.70. The summed E-state index contributed by atoms with van der Waals surface area (Å²) >= 11 is 0. The zero-order valence-electron chi connectivity index (χ0n) is 10.7. The monoisotopic (exact) mass is 255 g/mol. The molecule has 19 heavy (non-hydrogen) atoms. The smallest absolute Gasteiger partial charge is 0.270 e. The van der Waals surface area contributed by atoms with Gasteiger partial charge in [0.25, 0.3) is 5.91 Å². The SMILES string of the molecule is Nc1ccc2ccnc(C(=O)NC3CCCC3)c2c1. The van der Waals surface area contributed by atoms with Gasteiger partial charge in [-0.3, -0.25) is 9.78 Å². The predicted octanol–water partition coefficient (Wildman–Crippen LogP) is 2.49. The van der Waals surface area contributed by atoms with E-state index in [4.69, 9.17) is 5.73 Å². The Balaban J connectivity index is 1.94. The fourth-order valence-corrected chi connectivity index (χ4v) is 2.69. The van der Waals surface area contributed by atoms with Gasteiger partial charge in [0.1, 0.15) is 5.69 Å². The number of anilines is 1. The van der Waals surface area contributed by atoms with E-state index in [0.717, 1.165) is 23.6 Å². The Morgan fingerprint density at radius 3 is 2.84 bits per heavy atom. The number of nitrogens with two attached hydrogens (primary N) is 1. The van der Waals surface area contributed by atoms with E-state index in [2.05, 4.69) is 10.3 Å². The molecular formula is C15H17N3O. The first-order chi connectivity index (χ1) is 9.24. The minimum atomic E-state index is -0.0944. The molecule has 1 amide bonds. The van der Waals surface area contributed by atoms with E-state index in [1.807, 2.05) is 24.3 Å². The molecule has 1 aliphatic rings. The molecule has 0 unspecified atom stereocenters. The number of carbonyl (C=O) groups excluding carboxylic acids is 1. The van der Waals surface area contributed by atoms with Crippen LogP contribution in [0.2, 0.25) is 0 Å². The van der Waals surface area contributed by atoms with Crippen molar-refractivity contribution >= 4 is 22.4 Å². The minimum Gasteiger partial charge on any atom is -0.399 e. The molecule has 0 radical (unpaired) electrons. The van der Waals surface area contributed by atoms with Crippen LogP contribution in [0.5, 0.6) is 0 Å². The summed E-state index contributed by atoms with van der Waals surface area (Å²) in [6.45, 7) is 0. The summed E-state index contributed by atoms with van der Waals surface area (Å²) in [7, 11) is 0. The Bertz CT molecular complexity index is 618. The molecule has 0 saturated heterocycles. The van der Waals surface area contributed by atoms with Gasteiger partial charge in [-0.2, -0.15) is 0 Å². The van der Waals surface area contributed by atoms with Gasteiger partial charge in [-0.25, -0.2) is 0 Å². The Morgan fingerprint density at radius 2 is 2.05 bits per heavy atom. The Labute approximate surface area is 112 Å². The number of nitrogen functional groups attached to an aromatic ring is 1. The maximum Gasteiger partial charge on any atom is 0.270 e. The second-order valence-corrected chi connectivity index (χ2v) is 5.09. The maximum atomic E-state index is 12.3. The topological polar surface area (TPSA) is 68.0 Å². The van der Waals surface area contributed by atoms with Gasteiger partial charge in [0.2, 0.25) is 0 Å². The van der Waals surface area contributed by atoms with Crippen LogP contribution in [0, 0.1) is 0 Å². The van der Waals surface area contributed by atoms with Gasteiger partial charge in [0.15, 0.2) is 0 Å². The summed E-state index contributed by atoms with van der Waals surface area (Å²) in [4.78, 5) is 16.5. The minimum absolute atomic E-state index is 0.0944. The van der Waals surface area contributed by atoms with Gasteiger partial charge in [-0.15, -0.1) is 0 Å². The van der Waals surface area contributed by atoms with Crippen LogP contribution in [0.1, 0.15) is 36.2 Å². The number of nitrogens with zero attached hydrogens (tertiary/aromatic N) is 1. The van der Waals surface area contributed by atoms with E-state index >= 15 is 0 Å². The zero-order valence-corrected chi connectivity index (χ0v) is 10.7. The van der Waals surface area contributed by atoms with Crippen LogP contribution < -0.4 is 11.1 Å². The van der Waals surface area contributed by atoms with Crippen LogP contribution >= 0.6 is 0 Å². The first-order valence-electron chi connectivity index (χ1n) is 6.69. The third kappa shape index (κ3) is 2.38. The van der Waals surface area contributed by atoms with E-state index in [9.17, 15) is 4.79 Å². The molecule has 0 spiro atoms. The van der Waals surface area contributed by atoms with Crippen molar-refractivity contribution in [2.24, 2.45) is 0 Å². The van der Waals surface area contributed by atoms with Gasteiger partial charge in [0.05, 0.1) is 0 Å². The molecule has 1 heterocycles. The molecule has 3 rings (SSSR count). The van der Waals surface area contributed by atoms with Crippen molar-refractivity contribution < 1.29 is 4.79 Å². The summed E-state index contributed by atoms with van der Waals surface area (Å²) in [5.74, 6) is -0.0944. The molecule has 98 valence electrons. The average molecular weight is 255 g/mol. The largest absolute Gasteiger partial charge is 0.399 e. The summed E-state index contributed by atoms with van der Waals surface area (Å²) in [5, 5.41) is 4.87. The third-order valence-corrected chi connectivity index (χ3v) is 3.70. The average Bonchev–Trinajstić information content (AvgIpc) is 2.90. The van der Waals surface area contributed by atoms with Gasteiger partial charge in [-0.1, -0.05) is 18.9 Å². The number of carbonyl (C=O) groups is 1. The van der Waals surface area contributed by atoms with Crippen LogP contribution in [-0.4, -0.2) is 16.9 Å². The summed E-state index contributed by atoms with van der Waals surface area (Å²) in [6, 6.07) is 7.75. The second kappa shape index (κ2) is 4.88. The fourth-order valence-electron chi connectivity index (χ4n) is 2.69. The van der Waals surface area contributed by atoms with Crippen LogP contribution in [0.25, 0.3) is 10.8 Å². The van der Waals surface area contributed by atoms with Gasteiger partial charge >= 0.3 is 0 Å². The Morgan fingerprint density at radius 1 is 1.26 bits per heavy atom. The molecule has 1 saturated carbocycles. The molecule has 1 fully saturated rings. The molecule has 2 aromatic rings. The van der Waals surface area contributed by atoms with Crippen molar-refractivity contribution in [1.29, 1.82) is 0 Å². The van der Waals surface area contributed by atoms with Gasteiger partial charge in [0, 0.05) is 23.3 Å². The predicted molar refractivity (Wildman–Crippen MR) is 75.9 cm³/mol. The van der Waals surface area contributed by atoms with Crippen molar-refractivity contribution in [3.8, 4) is 0 Å². The van der Waals surface area contributed by atoms with Crippen LogP contribution in [0.3, 0.4) is 0 Å². The highest BCUT2D eigenvalue weighted by atomic mass is 16.1. The summed E-state index contributed by atoms with van der Waals surface area (Å²) < 4.78 is 0. The quantitative estimate of drug-likeness (QED) is 0.810. The van der Waals surface area contributed by atoms with E-state index in [1.54, 1.807) is 6.20 Å². The van der Waals surface area contributed by atoms with Crippen molar-refractivity contribution in [1.82, 2.24) is 10.3 Å². The standard InChI is InChI=1S/C15H17N3O/c16-11-6-5-10-7-8-17-14(13(10)9-11)15(19)18-12-3-1-2-4-12/h5-9,12H,1-4,16H2,(H,18,19). The fraction of sp³-hybridized carbons (Fsp3) is 0.333. The van der Waals surface area contributed by atoms with Crippen molar-refractivity contribution in [2.75, 3.05) is 5.73 Å². The number of hydrogen-bond donors (Lipinski definition) is 2. The number of rotatable bonds is 2. The van der Waals surface area contributed by atoms with Crippen LogP contribution in [-0.2, 0) is 0 Å². The number of pyridine rings is 1. The molecule has 0 bridgehead atoms. The molecule has 1 aromatic heterocycles. The Hall–Kier alpha value is -2.10. The van der Waals surface area contributed by atoms with E-state index < -0.39 is 0 Å². The van der Waals surface area contributed by atoms with Gasteiger partial charge in [-0.05, 0) is 36.4 Å². The van der Waals surface area contributed by atoms with E-state index in [1.165, 1.54) is 12.8 Å².